The van der Waals surface area contributed by atoms with Crippen molar-refractivity contribution < 1.29 is 9.59 Å². The van der Waals surface area contributed by atoms with E-state index in [2.05, 4.69) is 26.6 Å². The molecule has 1 heterocycles. The SMILES string of the molecule is CSCCNC(=O)c1c(Br)cc(C(=O)NCc2ccc(Cl)cc2)c(=O)n1CCCl. The second kappa shape index (κ2) is 11.6. The van der Waals surface area contributed by atoms with Crippen molar-refractivity contribution in [1.29, 1.82) is 0 Å². The van der Waals surface area contributed by atoms with Crippen molar-refractivity contribution in [2.45, 2.75) is 13.1 Å². The second-order valence-corrected chi connectivity index (χ2v) is 8.61. The summed E-state index contributed by atoms with van der Waals surface area (Å²) in [5, 5.41) is 6.07. The molecule has 0 aliphatic carbocycles. The van der Waals surface area contributed by atoms with Crippen molar-refractivity contribution in [3.05, 3.63) is 67.0 Å². The van der Waals surface area contributed by atoms with Crippen molar-refractivity contribution >= 4 is 62.7 Å². The van der Waals surface area contributed by atoms with E-state index >= 15 is 0 Å². The van der Waals surface area contributed by atoms with Crippen molar-refractivity contribution in [2.75, 3.05) is 24.4 Å². The van der Waals surface area contributed by atoms with E-state index < -0.39 is 17.4 Å². The molecule has 0 bridgehead atoms. The quantitative estimate of drug-likeness (QED) is 0.391. The predicted molar refractivity (Wildman–Crippen MR) is 122 cm³/mol. The van der Waals surface area contributed by atoms with E-state index in [9.17, 15) is 14.4 Å². The molecular weight excluding hydrogens is 501 g/mol. The third-order valence-electron chi connectivity index (χ3n) is 3.97. The number of thioether (sulfide) groups is 1. The summed E-state index contributed by atoms with van der Waals surface area (Å²) in [5.74, 6) is -0.0775. The zero-order chi connectivity index (χ0) is 21.4. The molecule has 0 saturated heterocycles. The number of rotatable bonds is 9. The minimum absolute atomic E-state index is 0.0726. The van der Waals surface area contributed by atoms with Crippen molar-refractivity contribution in [1.82, 2.24) is 15.2 Å². The molecule has 2 amide bonds. The molecule has 0 atom stereocenters. The van der Waals surface area contributed by atoms with Crippen LogP contribution in [0.1, 0.15) is 26.4 Å². The molecule has 1 aromatic heterocycles. The van der Waals surface area contributed by atoms with Gasteiger partial charge in [0, 0.05) is 40.8 Å². The Morgan fingerprint density at radius 3 is 2.48 bits per heavy atom. The first-order chi connectivity index (χ1) is 13.9. The van der Waals surface area contributed by atoms with Gasteiger partial charge in [-0.25, -0.2) is 0 Å². The highest BCUT2D eigenvalue weighted by molar-refractivity contribution is 9.10. The summed E-state index contributed by atoms with van der Waals surface area (Å²) in [6, 6.07) is 8.38. The number of halogens is 3. The maximum absolute atomic E-state index is 12.9. The van der Waals surface area contributed by atoms with Crippen LogP contribution in [0.25, 0.3) is 0 Å². The van der Waals surface area contributed by atoms with Gasteiger partial charge < -0.3 is 15.2 Å². The molecule has 0 saturated carbocycles. The molecule has 29 heavy (non-hydrogen) atoms. The van der Waals surface area contributed by atoms with Crippen molar-refractivity contribution in [3.63, 3.8) is 0 Å². The Balaban J connectivity index is 2.28. The van der Waals surface area contributed by atoms with E-state index in [-0.39, 0.29) is 30.2 Å². The van der Waals surface area contributed by atoms with Gasteiger partial charge in [-0.05, 0) is 45.9 Å². The topological polar surface area (TPSA) is 80.2 Å². The van der Waals surface area contributed by atoms with Crippen molar-refractivity contribution in [2.24, 2.45) is 0 Å². The highest BCUT2D eigenvalue weighted by atomic mass is 79.9. The van der Waals surface area contributed by atoms with Gasteiger partial charge in [-0.15, -0.1) is 11.6 Å². The number of nitrogens with zero attached hydrogens (tertiary/aromatic N) is 1. The Kier molecular flexibility index (Phi) is 9.55. The third kappa shape index (κ3) is 6.50. The van der Waals surface area contributed by atoms with Crippen LogP contribution in [0.4, 0.5) is 0 Å². The van der Waals surface area contributed by atoms with E-state index in [0.717, 1.165) is 11.3 Å². The first kappa shape index (κ1) is 23.8. The number of nitrogens with one attached hydrogen (secondary N) is 2. The van der Waals surface area contributed by atoms with Gasteiger partial charge in [0.1, 0.15) is 11.3 Å². The number of amides is 2. The lowest BCUT2D eigenvalue weighted by molar-refractivity contribution is 0.0931. The summed E-state index contributed by atoms with van der Waals surface area (Å²) in [5.41, 5.74) is 0.341. The van der Waals surface area contributed by atoms with E-state index in [1.165, 1.54) is 10.6 Å². The molecule has 0 fully saturated rings. The Labute approximate surface area is 191 Å². The van der Waals surface area contributed by atoms with Crippen LogP contribution in [-0.2, 0) is 13.1 Å². The van der Waals surface area contributed by atoms with Gasteiger partial charge in [-0.1, -0.05) is 23.7 Å². The fourth-order valence-corrected chi connectivity index (χ4v) is 3.78. The highest BCUT2D eigenvalue weighted by Crippen LogP contribution is 2.17. The minimum Gasteiger partial charge on any atom is -0.350 e. The third-order valence-corrected chi connectivity index (χ3v) is 5.61. The van der Waals surface area contributed by atoms with E-state index in [4.69, 9.17) is 23.2 Å². The number of hydrogen-bond acceptors (Lipinski definition) is 4. The zero-order valence-electron chi connectivity index (χ0n) is 15.6. The average Bonchev–Trinajstić information content (AvgIpc) is 2.70. The summed E-state index contributed by atoms with van der Waals surface area (Å²) < 4.78 is 1.57. The van der Waals surface area contributed by atoms with Crippen LogP contribution in [0.15, 0.2) is 39.6 Å². The molecule has 0 unspecified atom stereocenters. The predicted octanol–water partition coefficient (Wildman–Crippen LogP) is 3.53. The lowest BCUT2D eigenvalue weighted by Crippen LogP contribution is -2.38. The molecule has 6 nitrogen and oxygen atoms in total. The molecule has 10 heteroatoms. The molecule has 0 aliphatic heterocycles. The number of benzene rings is 1. The standard InChI is InChI=1S/C19H20BrCl2N3O3S/c1-29-9-7-23-18(27)16-15(20)10-14(19(28)25(16)8-6-21)17(26)24-11-12-2-4-13(22)5-3-12/h2-5,10H,6-9,11H2,1H3,(H,23,27)(H,24,26). The van der Waals surface area contributed by atoms with E-state index in [1.54, 1.807) is 36.0 Å². The smallest absolute Gasteiger partial charge is 0.269 e. The Hall–Kier alpha value is -1.48. The Morgan fingerprint density at radius 2 is 1.86 bits per heavy atom. The van der Waals surface area contributed by atoms with Crippen molar-refractivity contribution in [3.8, 4) is 0 Å². The second-order valence-electron chi connectivity index (χ2n) is 5.96. The molecular formula is C19H20BrCl2N3O3S. The maximum atomic E-state index is 12.9. The number of hydrogen-bond donors (Lipinski definition) is 2. The summed E-state index contributed by atoms with van der Waals surface area (Å²) in [6.45, 7) is 0.799. The number of carbonyl (C=O) groups is 2. The molecule has 2 rings (SSSR count). The fourth-order valence-electron chi connectivity index (χ4n) is 2.55. The molecule has 156 valence electrons. The summed E-state index contributed by atoms with van der Waals surface area (Å²) in [6.07, 6.45) is 1.93. The van der Waals surface area contributed by atoms with Gasteiger partial charge in [-0.3, -0.25) is 14.4 Å². The van der Waals surface area contributed by atoms with Crippen LogP contribution in [0.2, 0.25) is 5.02 Å². The van der Waals surface area contributed by atoms with E-state index in [0.29, 0.717) is 16.0 Å². The van der Waals surface area contributed by atoms with Gasteiger partial charge in [0.15, 0.2) is 0 Å². The first-order valence-electron chi connectivity index (χ1n) is 8.68. The van der Waals surface area contributed by atoms with Gasteiger partial charge in [0.25, 0.3) is 17.4 Å². The fraction of sp³-hybridized carbons (Fsp3) is 0.316. The van der Waals surface area contributed by atoms with Gasteiger partial charge in [0.2, 0.25) is 0 Å². The molecule has 2 aromatic rings. The molecule has 0 aliphatic rings. The first-order valence-corrected chi connectivity index (χ1v) is 11.8. The van der Waals surface area contributed by atoms with Crippen LogP contribution < -0.4 is 16.2 Å². The number of pyridine rings is 1. The van der Waals surface area contributed by atoms with Gasteiger partial charge >= 0.3 is 0 Å². The molecule has 0 spiro atoms. The zero-order valence-corrected chi connectivity index (χ0v) is 19.6. The van der Waals surface area contributed by atoms with Crippen LogP contribution >= 0.6 is 50.9 Å². The summed E-state index contributed by atoms with van der Waals surface area (Å²) in [4.78, 5) is 38.0. The number of aromatic nitrogens is 1. The molecule has 1 aromatic carbocycles. The summed E-state index contributed by atoms with van der Waals surface area (Å²) >= 11 is 16.6. The number of carbonyl (C=O) groups excluding carboxylic acids is 2. The molecule has 2 N–H and O–H groups in total. The average molecular weight is 521 g/mol. The van der Waals surface area contributed by atoms with Gasteiger partial charge in [0.05, 0.1) is 0 Å². The summed E-state index contributed by atoms with van der Waals surface area (Å²) in [7, 11) is 0. The van der Waals surface area contributed by atoms with Crippen LogP contribution in [-0.4, -0.2) is 40.8 Å². The number of alkyl halides is 1. The highest BCUT2D eigenvalue weighted by Gasteiger charge is 2.22. The van der Waals surface area contributed by atoms with Crippen LogP contribution in [0, 0.1) is 0 Å². The van der Waals surface area contributed by atoms with E-state index in [1.807, 2.05) is 6.26 Å². The van der Waals surface area contributed by atoms with Crippen LogP contribution in [0.5, 0.6) is 0 Å². The monoisotopic (exact) mass is 519 g/mol. The normalized spacial score (nSPS) is 10.6. The lowest BCUT2D eigenvalue weighted by Gasteiger charge is -2.15. The molecule has 0 radical (unpaired) electrons. The van der Waals surface area contributed by atoms with Crippen LogP contribution in [0.3, 0.4) is 0 Å². The largest absolute Gasteiger partial charge is 0.350 e. The lowest BCUT2D eigenvalue weighted by atomic mass is 10.2. The Bertz CT molecular complexity index is 936. The Morgan fingerprint density at radius 1 is 1.17 bits per heavy atom. The van der Waals surface area contributed by atoms with Gasteiger partial charge in [-0.2, -0.15) is 11.8 Å². The maximum Gasteiger partial charge on any atom is 0.269 e. The minimum atomic E-state index is -0.572.